The van der Waals surface area contributed by atoms with Crippen molar-refractivity contribution in [1.82, 2.24) is 0 Å². The van der Waals surface area contributed by atoms with Gasteiger partial charge in [-0.25, -0.2) is 9.29 Å². The number of carbonyl (C=O) groups excluding carboxylic acids is 3. The number of aliphatic imine (C=N–C) groups is 1. The summed E-state index contributed by atoms with van der Waals surface area (Å²) in [6, 6.07) is 23.6. The summed E-state index contributed by atoms with van der Waals surface area (Å²) in [6.07, 6.45) is 1.18. The highest BCUT2D eigenvalue weighted by Gasteiger charge is 2.37. The molecule has 0 spiro atoms. The predicted molar refractivity (Wildman–Crippen MR) is 163 cm³/mol. The number of amides is 3. The molecule has 11 heteroatoms. The summed E-state index contributed by atoms with van der Waals surface area (Å²) < 4.78 is 24.8. The van der Waals surface area contributed by atoms with E-state index >= 15 is 0 Å². The van der Waals surface area contributed by atoms with Gasteiger partial charge in [-0.05, 0) is 67.1 Å². The van der Waals surface area contributed by atoms with Gasteiger partial charge < -0.3 is 14.8 Å². The number of fused-ring (bicyclic) bond motifs is 1. The van der Waals surface area contributed by atoms with Crippen molar-refractivity contribution in [2.24, 2.45) is 10.9 Å². The first-order valence-corrected chi connectivity index (χ1v) is 13.8. The molecule has 0 saturated heterocycles. The SMILES string of the molecule is CCOc1cc(N=CC(C#N)C(=O)Nc2ccc(OCc3cccc(F)c3)c(Cl)c2)ccc1N1C(=O)c2ccccc2C1=O. The van der Waals surface area contributed by atoms with Gasteiger partial charge in [0.15, 0.2) is 5.92 Å². The molecule has 1 unspecified atom stereocenters. The molecule has 44 heavy (non-hydrogen) atoms. The first kappa shape index (κ1) is 29.9. The molecule has 5 rings (SSSR count). The maximum Gasteiger partial charge on any atom is 0.266 e. The minimum Gasteiger partial charge on any atom is -0.492 e. The van der Waals surface area contributed by atoms with Crippen molar-refractivity contribution in [3.8, 4) is 17.6 Å². The van der Waals surface area contributed by atoms with E-state index in [9.17, 15) is 24.0 Å². The van der Waals surface area contributed by atoms with Gasteiger partial charge in [0, 0.05) is 18.0 Å². The molecule has 3 amide bonds. The van der Waals surface area contributed by atoms with Crippen LogP contribution in [0.25, 0.3) is 0 Å². The zero-order valence-electron chi connectivity index (χ0n) is 23.3. The van der Waals surface area contributed by atoms with Crippen LogP contribution >= 0.6 is 11.6 Å². The number of nitriles is 1. The molecule has 0 saturated carbocycles. The standard InChI is InChI=1S/C33H24ClFN4O5/c1-2-43-30-16-23(10-12-28(30)39-32(41)25-8-3-4-9-26(25)33(39)42)37-18-21(17-36)31(40)38-24-11-13-29(27(34)15-24)44-19-20-6-5-7-22(35)14-20/h3-16,18,21H,2,19H2,1H3,(H,38,40). The Morgan fingerprint density at radius 1 is 1.00 bits per heavy atom. The third kappa shape index (κ3) is 6.43. The number of ether oxygens (including phenoxy) is 2. The summed E-state index contributed by atoms with van der Waals surface area (Å²) in [6.45, 7) is 2.11. The largest absolute Gasteiger partial charge is 0.492 e. The fourth-order valence-corrected chi connectivity index (χ4v) is 4.71. The van der Waals surface area contributed by atoms with Gasteiger partial charge in [-0.2, -0.15) is 5.26 Å². The number of halogens is 2. The van der Waals surface area contributed by atoms with Crippen LogP contribution in [0.4, 0.5) is 21.5 Å². The Hall–Kier alpha value is -5.53. The molecule has 220 valence electrons. The van der Waals surface area contributed by atoms with Crippen LogP contribution in [0.2, 0.25) is 5.02 Å². The van der Waals surface area contributed by atoms with Gasteiger partial charge in [0.2, 0.25) is 5.91 Å². The van der Waals surface area contributed by atoms with E-state index in [1.807, 2.05) is 6.07 Å². The molecule has 9 nitrogen and oxygen atoms in total. The lowest BCUT2D eigenvalue weighted by molar-refractivity contribution is -0.116. The topological polar surface area (TPSA) is 121 Å². The molecule has 4 aromatic rings. The van der Waals surface area contributed by atoms with Crippen molar-refractivity contribution in [1.29, 1.82) is 5.26 Å². The highest BCUT2D eigenvalue weighted by Crippen LogP contribution is 2.37. The summed E-state index contributed by atoms with van der Waals surface area (Å²) in [5, 5.41) is 12.5. The monoisotopic (exact) mass is 610 g/mol. The molecule has 0 fully saturated rings. The van der Waals surface area contributed by atoms with E-state index in [1.54, 1.807) is 61.5 Å². The van der Waals surface area contributed by atoms with Crippen LogP contribution < -0.4 is 19.7 Å². The maximum absolute atomic E-state index is 13.4. The molecule has 1 aliphatic heterocycles. The molecule has 0 radical (unpaired) electrons. The van der Waals surface area contributed by atoms with Crippen LogP contribution in [-0.4, -0.2) is 30.5 Å². The van der Waals surface area contributed by atoms with E-state index in [0.29, 0.717) is 33.8 Å². The first-order chi connectivity index (χ1) is 21.3. The molecule has 1 N–H and O–H groups in total. The molecule has 0 bridgehead atoms. The van der Waals surface area contributed by atoms with Crippen LogP contribution in [0.3, 0.4) is 0 Å². The summed E-state index contributed by atoms with van der Waals surface area (Å²) in [5.74, 6) is -2.63. The Balaban J connectivity index is 1.26. The third-order valence-corrected chi connectivity index (χ3v) is 6.85. The third-order valence-electron chi connectivity index (χ3n) is 6.56. The summed E-state index contributed by atoms with van der Waals surface area (Å²) >= 11 is 6.31. The smallest absolute Gasteiger partial charge is 0.266 e. The maximum atomic E-state index is 13.4. The molecule has 0 aliphatic carbocycles. The number of rotatable bonds is 10. The second-order valence-electron chi connectivity index (χ2n) is 9.51. The van der Waals surface area contributed by atoms with Gasteiger partial charge >= 0.3 is 0 Å². The number of nitrogens with one attached hydrogen (secondary N) is 1. The fraction of sp³-hybridized carbons (Fsp3) is 0.121. The average molecular weight is 611 g/mol. The Morgan fingerprint density at radius 3 is 2.41 bits per heavy atom. The normalized spacial score (nSPS) is 13.0. The number of imide groups is 1. The van der Waals surface area contributed by atoms with Crippen molar-refractivity contribution >= 4 is 52.6 Å². The number of hydrogen-bond acceptors (Lipinski definition) is 7. The Kier molecular flexibility index (Phi) is 8.98. The highest BCUT2D eigenvalue weighted by atomic mass is 35.5. The van der Waals surface area contributed by atoms with Gasteiger partial charge in [-0.1, -0.05) is 35.9 Å². The van der Waals surface area contributed by atoms with E-state index < -0.39 is 23.6 Å². The quantitative estimate of drug-likeness (QED) is 0.157. The fourth-order valence-electron chi connectivity index (χ4n) is 4.47. The van der Waals surface area contributed by atoms with Crippen LogP contribution in [-0.2, 0) is 11.4 Å². The summed E-state index contributed by atoms with van der Waals surface area (Å²) in [5.41, 5.74) is 2.16. The minimum absolute atomic E-state index is 0.0977. The summed E-state index contributed by atoms with van der Waals surface area (Å²) in [4.78, 5) is 44.1. The first-order valence-electron chi connectivity index (χ1n) is 13.4. The van der Waals surface area contributed by atoms with Gasteiger partial charge in [0.1, 0.15) is 23.9 Å². The lowest BCUT2D eigenvalue weighted by Crippen LogP contribution is -2.29. The second kappa shape index (κ2) is 13.2. The Morgan fingerprint density at radius 2 is 1.75 bits per heavy atom. The van der Waals surface area contributed by atoms with E-state index in [-0.39, 0.29) is 35.5 Å². The zero-order chi connectivity index (χ0) is 31.2. The molecule has 1 atom stereocenters. The van der Waals surface area contributed by atoms with Crippen molar-refractivity contribution in [2.45, 2.75) is 13.5 Å². The number of benzene rings is 4. The predicted octanol–water partition coefficient (Wildman–Crippen LogP) is 6.74. The number of nitrogens with zero attached hydrogens (tertiary/aromatic N) is 3. The molecule has 4 aromatic carbocycles. The Bertz CT molecular complexity index is 1800. The average Bonchev–Trinajstić information content (AvgIpc) is 3.26. The van der Waals surface area contributed by atoms with Gasteiger partial charge in [-0.15, -0.1) is 0 Å². The molecular formula is C33H24ClFN4O5. The van der Waals surface area contributed by atoms with Crippen LogP contribution in [0, 0.1) is 23.1 Å². The highest BCUT2D eigenvalue weighted by molar-refractivity contribution is 6.35. The minimum atomic E-state index is -1.26. The van der Waals surface area contributed by atoms with Crippen molar-refractivity contribution in [2.75, 3.05) is 16.8 Å². The van der Waals surface area contributed by atoms with Crippen LogP contribution in [0.1, 0.15) is 33.2 Å². The number of carbonyl (C=O) groups is 3. The molecular weight excluding hydrogens is 587 g/mol. The van der Waals surface area contributed by atoms with Crippen molar-refractivity contribution in [3.63, 3.8) is 0 Å². The van der Waals surface area contributed by atoms with E-state index in [4.69, 9.17) is 21.1 Å². The molecule has 1 heterocycles. The lowest BCUT2D eigenvalue weighted by atomic mass is 10.1. The van der Waals surface area contributed by atoms with E-state index in [2.05, 4.69) is 10.3 Å². The van der Waals surface area contributed by atoms with Gasteiger partial charge in [-0.3, -0.25) is 19.4 Å². The second-order valence-corrected chi connectivity index (χ2v) is 9.92. The number of anilines is 2. The van der Waals surface area contributed by atoms with Gasteiger partial charge in [0.25, 0.3) is 11.8 Å². The van der Waals surface area contributed by atoms with E-state index in [0.717, 1.165) is 4.90 Å². The lowest BCUT2D eigenvalue weighted by Gasteiger charge is -2.18. The van der Waals surface area contributed by atoms with Crippen molar-refractivity contribution < 1.29 is 28.2 Å². The van der Waals surface area contributed by atoms with Crippen LogP contribution in [0.15, 0.2) is 89.9 Å². The number of hydrogen-bond donors (Lipinski definition) is 1. The van der Waals surface area contributed by atoms with E-state index in [1.165, 1.54) is 36.5 Å². The molecule has 1 aliphatic rings. The molecule has 0 aromatic heterocycles. The zero-order valence-corrected chi connectivity index (χ0v) is 24.0. The Labute approximate surface area is 257 Å². The summed E-state index contributed by atoms with van der Waals surface area (Å²) in [7, 11) is 0. The van der Waals surface area contributed by atoms with Crippen LogP contribution in [0.5, 0.6) is 11.5 Å². The van der Waals surface area contributed by atoms with Gasteiger partial charge in [0.05, 0.1) is 40.2 Å². The van der Waals surface area contributed by atoms with Crippen molar-refractivity contribution in [3.05, 3.63) is 112 Å².